The zero-order chi connectivity index (χ0) is 42.6. The summed E-state index contributed by atoms with van der Waals surface area (Å²) in [5, 5.41) is 0. The minimum absolute atomic E-state index is 0.0265. The average Bonchev–Trinajstić information content (AvgIpc) is 3.23. The van der Waals surface area contributed by atoms with E-state index in [0.717, 1.165) is 18.8 Å². The highest BCUT2D eigenvalue weighted by Crippen LogP contribution is 2.18. The van der Waals surface area contributed by atoms with Crippen LogP contribution >= 0.6 is 0 Å². The van der Waals surface area contributed by atoms with Gasteiger partial charge in [0.2, 0.25) is 0 Å². The third-order valence-corrected chi connectivity index (χ3v) is 13.1. The molecule has 0 aliphatic heterocycles. The molecule has 0 heterocycles. The summed E-state index contributed by atoms with van der Waals surface area (Å²) in [4.78, 5) is 12.1. The third kappa shape index (κ3) is 55.2. The first kappa shape index (κ1) is 58.2. The van der Waals surface area contributed by atoms with Gasteiger partial charge in [0.05, 0.1) is 6.61 Å². The van der Waals surface area contributed by atoms with E-state index in [4.69, 9.17) is 4.74 Å². The molecular weight excluding hydrogens is 717 g/mol. The molecule has 0 aliphatic carbocycles. The fraction of sp³-hybridized carbons (Fsp3) is 0.947. The first-order chi connectivity index (χ1) is 29.2. The number of ether oxygens (including phenoxy) is 1. The van der Waals surface area contributed by atoms with Crippen molar-refractivity contribution in [1.29, 1.82) is 0 Å². The van der Waals surface area contributed by atoms with Gasteiger partial charge in [-0.2, -0.15) is 0 Å². The SMILES string of the molecule is CCCCCCCCC=CCCCCCCCCCC(=O)OCCCCCCCCCCCCCCCCCCCCCCCCCCCCCCCCCCC(C)C. The van der Waals surface area contributed by atoms with Gasteiger partial charge in [0.15, 0.2) is 0 Å². The second-order valence-electron chi connectivity index (χ2n) is 19.8. The zero-order valence-corrected chi connectivity index (χ0v) is 41.4. The lowest BCUT2D eigenvalue weighted by atomic mass is 10.0. The Hall–Kier alpha value is -0.790. The molecule has 352 valence electrons. The number of carbonyl (C=O) groups excluding carboxylic acids is 1. The van der Waals surface area contributed by atoms with Gasteiger partial charge in [-0.1, -0.05) is 303 Å². The molecule has 0 spiro atoms. The molecule has 0 aromatic heterocycles. The van der Waals surface area contributed by atoms with Crippen molar-refractivity contribution < 1.29 is 9.53 Å². The van der Waals surface area contributed by atoms with Gasteiger partial charge in [0, 0.05) is 6.42 Å². The van der Waals surface area contributed by atoms with E-state index in [1.807, 2.05) is 0 Å². The number of allylic oxidation sites excluding steroid dienone is 2. The topological polar surface area (TPSA) is 26.3 Å². The van der Waals surface area contributed by atoms with Crippen LogP contribution in [0.1, 0.15) is 335 Å². The van der Waals surface area contributed by atoms with Crippen LogP contribution in [0.15, 0.2) is 12.2 Å². The minimum atomic E-state index is 0.0265. The van der Waals surface area contributed by atoms with E-state index < -0.39 is 0 Å². The number of carbonyl (C=O) groups is 1. The Labute approximate surface area is 374 Å². The molecule has 2 nitrogen and oxygen atoms in total. The lowest BCUT2D eigenvalue weighted by Crippen LogP contribution is -2.05. The van der Waals surface area contributed by atoms with Crippen molar-refractivity contribution in [3.63, 3.8) is 0 Å². The predicted molar refractivity (Wildman–Crippen MR) is 267 cm³/mol. The van der Waals surface area contributed by atoms with Crippen molar-refractivity contribution in [3.8, 4) is 0 Å². The highest BCUT2D eigenvalue weighted by Gasteiger charge is 2.03. The highest BCUT2D eigenvalue weighted by molar-refractivity contribution is 5.69. The Kier molecular flexibility index (Phi) is 52.6. The van der Waals surface area contributed by atoms with Gasteiger partial charge in [-0.15, -0.1) is 0 Å². The molecule has 0 saturated heterocycles. The largest absolute Gasteiger partial charge is 0.466 e. The first-order valence-corrected chi connectivity index (χ1v) is 28.0. The van der Waals surface area contributed by atoms with Crippen LogP contribution in [0.5, 0.6) is 0 Å². The summed E-state index contributed by atoms with van der Waals surface area (Å²) in [7, 11) is 0. The molecule has 2 heteroatoms. The summed E-state index contributed by atoms with van der Waals surface area (Å²) in [5.41, 5.74) is 0. The number of rotatable bonds is 52. The zero-order valence-electron chi connectivity index (χ0n) is 41.4. The van der Waals surface area contributed by atoms with Crippen LogP contribution in [0.3, 0.4) is 0 Å². The van der Waals surface area contributed by atoms with Crippen LogP contribution in [0.25, 0.3) is 0 Å². The van der Waals surface area contributed by atoms with Crippen LogP contribution in [0.4, 0.5) is 0 Å². The summed E-state index contributed by atoms with van der Waals surface area (Å²) in [6.45, 7) is 7.62. The Morgan fingerprint density at radius 3 is 0.898 bits per heavy atom. The molecule has 0 aromatic rings. The van der Waals surface area contributed by atoms with E-state index in [2.05, 4.69) is 32.9 Å². The molecule has 0 bridgehead atoms. The van der Waals surface area contributed by atoms with Crippen LogP contribution in [-0.2, 0) is 9.53 Å². The van der Waals surface area contributed by atoms with Gasteiger partial charge in [-0.25, -0.2) is 0 Å². The normalized spacial score (nSPS) is 11.8. The van der Waals surface area contributed by atoms with Crippen LogP contribution < -0.4 is 0 Å². The summed E-state index contributed by atoms with van der Waals surface area (Å²) in [6, 6.07) is 0. The maximum Gasteiger partial charge on any atom is 0.305 e. The van der Waals surface area contributed by atoms with Crippen LogP contribution in [0, 0.1) is 5.92 Å². The Balaban J connectivity index is 3.15. The molecule has 59 heavy (non-hydrogen) atoms. The van der Waals surface area contributed by atoms with Crippen molar-refractivity contribution in [2.75, 3.05) is 6.61 Å². The molecule has 0 amide bonds. The summed E-state index contributed by atoms with van der Waals surface area (Å²) in [5.74, 6) is 0.916. The van der Waals surface area contributed by atoms with Gasteiger partial charge in [0.25, 0.3) is 0 Å². The van der Waals surface area contributed by atoms with Crippen LogP contribution in [0.2, 0.25) is 0 Å². The van der Waals surface area contributed by atoms with Crippen molar-refractivity contribution in [2.45, 2.75) is 335 Å². The highest BCUT2D eigenvalue weighted by atomic mass is 16.5. The summed E-state index contributed by atoms with van der Waals surface area (Å²) < 4.78 is 5.50. The standard InChI is InChI=1S/C57H112O2/c1-4-5-6-7-8-9-10-11-12-29-33-36-39-42-45-48-51-54-57(58)59-55-52-49-46-43-40-37-34-31-28-26-24-22-20-18-16-14-13-15-17-19-21-23-25-27-30-32-35-38-41-44-47-50-53-56(2)3/h11-12,56H,4-10,13-55H2,1-3H3. The Morgan fingerprint density at radius 2 is 0.593 bits per heavy atom. The fourth-order valence-corrected chi connectivity index (χ4v) is 8.91. The Bertz CT molecular complexity index is 786. The Morgan fingerprint density at radius 1 is 0.339 bits per heavy atom. The minimum Gasteiger partial charge on any atom is -0.466 e. The van der Waals surface area contributed by atoms with Crippen molar-refractivity contribution in [3.05, 3.63) is 12.2 Å². The van der Waals surface area contributed by atoms with Gasteiger partial charge in [-0.3, -0.25) is 4.79 Å². The van der Waals surface area contributed by atoms with E-state index in [1.54, 1.807) is 0 Å². The average molecular weight is 830 g/mol. The van der Waals surface area contributed by atoms with Gasteiger partial charge < -0.3 is 4.74 Å². The van der Waals surface area contributed by atoms with Gasteiger partial charge >= 0.3 is 5.97 Å². The number of hydrogen-bond acceptors (Lipinski definition) is 2. The lowest BCUT2D eigenvalue weighted by Gasteiger charge is -2.06. The van der Waals surface area contributed by atoms with Crippen molar-refractivity contribution >= 4 is 5.97 Å². The maximum absolute atomic E-state index is 12.1. The molecule has 0 fully saturated rings. The molecule has 0 rings (SSSR count). The second-order valence-corrected chi connectivity index (χ2v) is 19.8. The quantitative estimate of drug-likeness (QED) is 0.0347. The van der Waals surface area contributed by atoms with Crippen LogP contribution in [-0.4, -0.2) is 12.6 Å². The van der Waals surface area contributed by atoms with Crippen molar-refractivity contribution in [2.24, 2.45) is 5.92 Å². The van der Waals surface area contributed by atoms with E-state index in [1.165, 1.54) is 295 Å². The maximum atomic E-state index is 12.1. The van der Waals surface area contributed by atoms with Gasteiger partial charge in [-0.05, 0) is 44.4 Å². The van der Waals surface area contributed by atoms with E-state index in [0.29, 0.717) is 13.0 Å². The lowest BCUT2D eigenvalue weighted by molar-refractivity contribution is -0.143. The third-order valence-electron chi connectivity index (χ3n) is 13.1. The summed E-state index contributed by atoms with van der Waals surface area (Å²) >= 11 is 0. The van der Waals surface area contributed by atoms with E-state index in [9.17, 15) is 4.79 Å². The van der Waals surface area contributed by atoms with Gasteiger partial charge in [0.1, 0.15) is 0 Å². The second kappa shape index (κ2) is 53.3. The smallest absolute Gasteiger partial charge is 0.305 e. The summed E-state index contributed by atoms with van der Waals surface area (Å²) in [6.07, 6.45) is 72.4. The number of esters is 1. The van der Waals surface area contributed by atoms with E-state index in [-0.39, 0.29) is 5.97 Å². The molecule has 0 aromatic carbocycles. The molecule has 0 unspecified atom stereocenters. The molecule has 0 aliphatic rings. The number of hydrogen-bond donors (Lipinski definition) is 0. The molecule has 0 atom stereocenters. The predicted octanol–water partition coefficient (Wildman–Crippen LogP) is 20.9. The number of unbranched alkanes of at least 4 members (excludes halogenated alkanes) is 44. The van der Waals surface area contributed by atoms with E-state index >= 15 is 0 Å². The van der Waals surface area contributed by atoms with Crippen molar-refractivity contribution in [1.82, 2.24) is 0 Å². The molecule has 0 saturated carbocycles. The monoisotopic (exact) mass is 829 g/mol. The fourth-order valence-electron chi connectivity index (χ4n) is 8.91. The molecular formula is C57H112O2. The molecule has 0 radical (unpaired) electrons. The molecule has 0 N–H and O–H groups in total. The first-order valence-electron chi connectivity index (χ1n) is 28.0.